The maximum Gasteiger partial charge on any atom is 0.123 e. The molecule has 1 atom stereocenters. The lowest BCUT2D eigenvalue weighted by Crippen LogP contribution is -2.05. The summed E-state index contributed by atoms with van der Waals surface area (Å²) < 4.78 is 0. The molecule has 0 spiro atoms. The fraction of sp³-hybridized carbons (Fsp3) is 0.714. The van der Waals surface area contributed by atoms with E-state index in [0.717, 1.165) is 12.2 Å². The molecule has 1 unspecified atom stereocenters. The van der Waals surface area contributed by atoms with E-state index >= 15 is 0 Å². The molecule has 2 heteroatoms. The van der Waals surface area contributed by atoms with E-state index < -0.39 is 6.10 Å². The van der Waals surface area contributed by atoms with E-state index in [4.69, 9.17) is 11.5 Å². The maximum atomic E-state index is 8.83. The van der Waals surface area contributed by atoms with Crippen LogP contribution in [0.2, 0.25) is 0 Å². The zero-order valence-corrected chi connectivity index (χ0v) is 6.45. The molecule has 0 amide bonds. The van der Waals surface area contributed by atoms with Crippen LogP contribution in [0.1, 0.15) is 13.3 Å². The van der Waals surface area contributed by atoms with Gasteiger partial charge >= 0.3 is 0 Å². The third-order valence-electron chi connectivity index (χ3n) is 0.817. The predicted molar refractivity (Wildman–Crippen MR) is 42.5 cm³/mol. The molecule has 0 aromatic rings. The van der Waals surface area contributed by atoms with Gasteiger partial charge in [-0.2, -0.15) is 11.8 Å². The summed E-state index contributed by atoms with van der Waals surface area (Å²) in [5.74, 6) is 4.01. The first-order chi connectivity index (χ1) is 4.31. The minimum atomic E-state index is -0.554. The van der Waals surface area contributed by atoms with Gasteiger partial charge in [-0.05, 0) is 12.2 Å². The number of rotatable bonds is 4. The second-order valence-corrected chi connectivity index (χ2v) is 2.91. The third-order valence-corrected chi connectivity index (χ3v) is 2.06. The van der Waals surface area contributed by atoms with Gasteiger partial charge in [0.15, 0.2) is 0 Å². The van der Waals surface area contributed by atoms with Gasteiger partial charge in [0.05, 0.1) is 0 Å². The average Bonchev–Trinajstić information content (AvgIpc) is 1.89. The second kappa shape index (κ2) is 6.00. The molecule has 0 aromatic heterocycles. The lowest BCUT2D eigenvalue weighted by molar-refractivity contribution is 0.258. The van der Waals surface area contributed by atoms with Crippen molar-refractivity contribution in [3.8, 4) is 12.3 Å². The summed E-state index contributed by atoms with van der Waals surface area (Å²) in [5, 5.41) is 8.83. The number of hydrogen-bond donors (Lipinski definition) is 1. The van der Waals surface area contributed by atoms with Gasteiger partial charge < -0.3 is 5.11 Å². The maximum absolute atomic E-state index is 8.83. The standard InChI is InChI=1S/C7H12OS/c1-3-5-9-6-7(8)4-2/h2,7-8H,3,5-6H2,1H3. The van der Waals surface area contributed by atoms with E-state index in [1.807, 2.05) is 0 Å². The summed E-state index contributed by atoms with van der Waals surface area (Å²) in [5.41, 5.74) is 0. The first kappa shape index (κ1) is 8.87. The van der Waals surface area contributed by atoms with Crippen LogP contribution in [0.25, 0.3) is 0 Å². The minimum absolute atomic E-state index is 0.554. The molecule has 1 nitrogen and oxygen atoms in total. The molecule has 0 aliphatic rings. The molecule has 0 heterocycles. The van der Waals surface area contributed by atoms with Crippen molar-refractivity contribution in [3.05, 3.63) is 0 Å². The fourth-order valence-electron chi connectivity index (χ4n) is 0.387. The van der Waals surface area contributed by atoms with Crippen LogP contribution in [0.15, 0.2) is 0 Å². The van der Waals surface area contributed by atoms with Gasteiger partial charge in [-0.3, -0.25) is 0 Å². The number of terminal acetylenes is 1. The Morgan fingerprint density at radius 3 is 2.89 bits per heavy atom. The van der Waals surface area contributed by atoms with Crippen LogP contribution in [0.4, 0.5) is 0 Å². The van der Waals surface area contributed by atoms with Gasteiger partial charge in [0.25, 0.3) is 0 Å². The van der Waals surface area contributed by atoms with Crippen molar-refractivity contribution in [1.82, 2.24) is 0 Å². The Morgan fingerprint density at radius 1 is 1.78 bits per heavy atom. The molecule has 0 bridgehead atoms. The molecule has 0 saturated heterocycles. The van der Waals surface area contributed by atoms with Crippen molar-refractivity contribution >= 4 is 11.8 Å². The molecule has 0 aliphatic carbocycles. The predicted octanol–water partition coefficient (Wildman–Crippen LogP) is 1.12. The Kier molecular flexibility index (Phi) is 5.91. The Morgan fingerprint density at radius 2 is 2.44 bits per heavy atom. The van der Waals surface area contributed by atoms with E-state index in [1.54, 1.807) is 11.8 Å². The largest absolute Gasteiger partial charge is 0.380 e. The monoisotopic (exact) mass is 144 g/mol. The molecule has 52 valence electrons. The highest BCUT2D eigenvalue weighted by Crippen LogP contribution is 2.03. The van der Waals surface area contributed by atoms with Crippen molar-refractivity contribution in [2.24, 2.45) is 0 Å². The second-order valence-electron chi connectivity index (χ2n) is 1.76. The van der Waals surface area contributed by atoms with Crippen LogP contribution in [0.5, 0.6) is 0 Å². The molecule has 9 heavy (non-hydrogen) atoms. The molecule has 0 saturated carbocycles. The summed E-state index contributed by atoms with van der Waals surface area (Å²) in [6, 6.07) is 0. The van der Waals surface area contributed by atoms with E-state index in [2.05, 4.69) is 12.8 Å². The molecule has 0 aliphatic heterocycles. The lowest BCUT2D eigenvalue weighted by atomic mass is 10.4. The van der Waals surface area contributed by atoms with E-state index in [0.29, 0.717) is 5.75 Å². The topological polar surface area (TPSA) is 20.2 Å². The van der Waals surface area contributed by atoms with Gasteiger partial charge in [-0.15, -0.1) is 6.42 Å². The van der Waals surface area contributed by atoms with Crippen LogP contribution in [-0.2, 0) is 0 Å². The third kappa shape index (κ3) is 5.75. The van der Waals surface area contributed by atoms with Crippen LogP contribution < -0.4 is 0 Å². The van der Waals surface area contributed by atoms with Crippen molar-refractivity contribution in [2.45, 2.75) is 19.4 Å². The molecular formula is C7H12OS. The Hall–Kier alpha value is -0.130. The lowest BCUT2D eigenvalue weighted by Gasteiger charge is -1.99. The van der Waals surface area contributed by atoms with Gasteiger partial charge in [0.2, 0.25) is 0 Å². The van der Waals surface area contributed by atoms with Gasteiger partial charge in [-0.25, -0.2) is 0 Å². The van der Waals surface area contributed by atoms with Crippen molar-refractivity contribution in [3.63, 3.8) is 0 Å². The minimum Gasteiger partial charge on any atom is -0.380 e. The summed E-state index contributed by atoms with van der Waals surface area (Å²) in [7, 11) is 0. The van der Waals surface area contributed by atoms with E-state index in [-0.39, 0.29) is 0 Å². The number of aliphatic hydroxyl groups is 1. The molecule has 0 fully saturated rings. The SMILES string of the molecule is C#CC(O)CSCCC. The van der Waals surface area contributed by atoms with Gasteiger partial charge in [0.1, 0.15) is 6.10 Å². The van der Waals surface area contributed by atoms with Gasteiger partial charge in [0, 0.05) is 5.75 Å². The molecule has 0 radical (unpaired) electrons. The molecule has 0 rings (SSSR count). The normalized spacial score (nSPS) is 12.6. The van der Waals surface area contributed by atoms with Crippen molar-refractivity contribution in [1.29, 1.82) is 0 Å². The zero-order valence-electron chi connectivity index (χ0n) is 5.63. The summed E-state index contributed by atoms with van der Waals surface area (Å²) >= 11 is 1.69. The molecule has 0 aromatic carbocycles. The van der Waals surface area contributed by atoms with Crippen LogP contribution in [0, 0.1) is 12.3 Å². The smallest absolute Gasteiger partial charge is 0.123 e. The van der Waals surface area contributed by atoms with E-state index in [1.165, 1.54) is 0 Å². The number of hydrogen-bond acceptors (Lipinski definition) is 2. The number of aliphatic hydroxyl groups excluding tert-OH is 1. The quantitative estimate of drug-likeness (QED) is 0.471. The fourth-order valence-corrected chi connectivity index (χ4v) is 1.16. The number of thioether (sulfide) groups is 1. The van der Waals surface area contributed by atoms with Gasteiger partial charge in [-0.1, -0.05) is 12.8 Å². The first-order valence-electron chi connectivity index (χ1n) is 3.03. The highest BCUT2D eigenvalue weighted by Gasteiger charge is 1.95. The highest BCUT2D eigenvalue weighted by molar-refractivity contribution is 7.99. The summed E-state index contributed by atoms with van der Waals surface area (Å²) in [6.45, 7) is 2.11. The average molecular weight is 144 g/mol. The highest BCUT2D eigenvalue weighted by atomic mass is 32.2. The molecular weight excluding hydrogens is 132 g/mol. The van der Waals surface area contributed by atoms with Crippen LogP contribution in [0.3, 0.4) is 0 Å². The van der Waals surface area contributed by atoms with Crippen molar-refractivity contribution in [2.75, 3.05) is 11.5 Å². The van der Waals surface area contributed by atoms with Crippen molar-refractivity contribution < 1.29 is 5.11 Å². The summed E-state index contributed by atoms with van der Waals surface area (Å²) in [6.07, 6.45) is 5.53. The summed E-state index contributed by atoms with van der Waals surface area (Å²) in [4.78, 5) is 0. The zero-order chi connectivity index (χ0) is 7.11. The Labute approximate surface area is 60.8 Å². The Balaban J connectivity index is 2.99. The first-order valence-corrected chi connectivity index (χ1v) is 4.18. The van der Waals surface area contributed by atoms with E-state index in [9.17, 15) is 0 Å². The Bertz CT molecular complexity index is 95.6. The molecule has 1 N–H and O–H groups in total. The van der Waals surface area contributed by atoms with Crippen LogP contribution in [-0.4, -0.2) is 22.7 Å². The van der Waals surface area contributed by atoms with Crippen LogP contribution >= 0.6 is 11.8 Å².